The number of carbonyl (C=O) groups is 2. The number of ketones is 1. The number of benzene rings is 3. The van der Waals surface area contributed by atoms with Crippen molar-refractivity contribution in [2.75, 3.05) is 20.8 Å². The molecule has 1 heterocycles. The van der Waals surface area contributed by atoms with Crippen molar-refractivity contribution in [2.24, 2.45) is 0 Å². The second kappa shape index (κ2) is 11.2. The molecule has 1 aliphatic heterocycles. The van der Waals surface area contributed by atoms with E-state index in [1.807, 2.05) is 37.3 Å². The second-order valence-corrected chi connectivity index (χ2v) is 8.52. The molecule has 3 aromatic carbocycles. The molecule has 3 aromatic rings. The Bertz CT molecular complexity index is 1340. The summed E-state index contributed by atoms with van der Waals surface area (Å²) in [4.78, 5) is 27.6. The second-order valence-electron chi connectivity index (χ2n) is 8.52. The Morgan fingerprint density at radius 1 is 0.946 bits per heavy atom. The average molecular weight is 506 g/mol. The molecule has 0 aliphatic carbocycles. The topological polar surface area (TPSA) is 85.3 Å². The van der Waals surface area contributed by atoms with E-state index in [0.717, 1.165) is 11.6 Å². The Balaban J connectivity index is 1.79. The number of halogens is 1. The van der Waals surface area contributed by atoms with E-state index in [-0.39, 0.29) is 23.4 Å². The molecule has 1 unspecified atom stereocenters. The molecule has 1 fully saturated rings. The zero-order valence-corrected chi connectivity index (χ0v) is 20.9. The summed E-state index contributed by atoms with van der Waals surface area (Å²) in [7, 11) is 2.87. The fourth-order valence-electron chi connectivity index (χ4n) is 4.42. The fourth-order valence-corrected chi connectivity index (χ4v) is 4.42. The van der Waals surface area contributed by atoms with Gasteiger partial charge in [0.15, 0.2) is 11.5 Å². The summed E-state index contributed by atoms with van der Waals surface area (Å²) < 4.78 is 30.8. The standard InChI is InChI=1S/C29H28FNO6/c1-4-14-31-26(19-10-12-23(24(15-19)36-3)37-17-18-8-6-5-7-9-18)25(28(33)29(31)34)27(32)21-16-20(30)11-13-22(21)35-2/h5-13,15-16,26,32H,4,14,17H2,1-3H3/b27-25+. The lowest BCUT2D eigenvalue weighted by Gasteiger charge is -2.25. The van der Waals surface area contributed by atoms with E-state index in [1.165, 1.54) is 31.3 Å². The molecule has 0 saturated carbocycles. The van der Waals surface area contributed by atoms with Crippen molar-refractivity contribution >= 4 is 17.4 Å². The van der Waals surface area contributed by atoms with E-state index in [9.17, 15) is 19.1 Å². The van der Waals surface area contributed by atoms with Crippen molar-refractivity contribution < 1.29 is 33.3 Å². The molecule has 37 heavy (non-hydrogen) atoms. The third-order valence-corrected chi connectivity index (χ3v) is 6.16. The van der Waals surface area contributed by atoms with Gasteiger partial charge in [-0.15, -0.1) is 0 Å². The quantitative estimate of drug-likeness (QED) is 0.243. The van der Waals surface area contributed by atoms with Gasteiger partial charge in [0.1, 0.15) is 23.9 Å². The fraction of sp³-hybridized carbons (Fsp3) is 0.241. The van der Waals surface area contributed by atoms with E-state index in [0.29, 0.717) is 30.1 Å². The third-order valence-electron chi connectivity index (χ3n) is 6.16. The molecular formula is C29H28FNO6. The van der Waals surface area contributed by atoms with E-state index in [1.54, 1.807) is 18.2 Å². The van der Waals surface area contributed by atoms with Crippen LogP contribution in [-0.2, 0) is 16.2 Å². The zero-order valence-electron chi connectivity index (χ0n) is 20.9. The third kappa shape index (κ3) is 5.14. The summed E-state index contributed by atoms with van der Waals surface area (Å²) >= 11 is 0. The minimum atomic E-state index is -0.912. The van der Waals surface area contributed by atoms with Crippen molar-refractivity contribution in [1.29, 1.82) is 0 Å². The lowest BCUT2D eigenvalue weighted by atomic mass is 9.94. The number of rotatable bonds is 9. The average Bonchev–Trinajstić information content (AvgIpc) is 3.17. The van der Waals surface area contributed by atoms with Gasteiger partial charge in [0.25, 0.3) is 11.7 Å². The van der Waals surface area contributed by atoms with Gasteiger partial charge in [-0.3, -0.25) is 9.59 Å². The number of hydrogen-bond acceptors (Lipinski definition) is 6. The number of Topliss-reactive ketones (excluding diaryl/α,β-unsaturated/α-hetero) is 1. The Morgan fingerprint density at radius 2 is 1.65 bits per heavy atom. The maximum absolute atomic E-state index is 14.1. The Kier molecular flexibility index (Phi) is 7.77. The van der Waals surface area contributed by atoms with Crippen LogP contribution in [0.1, 0.15) is 36.1 Å². The number of methoxy groups -OCH3 is 2. The number of nitrogens with zero attached hydrogens (tertiary/aromatic N) is 1. The molecule has 0 spiro atoms. The molecule has 4 rings (SSSR count). The van der Waals surface area contributed by atoms with Crippen LogP contribution in [0.25, 0.3) is 5.76 Å². The number of likely N-dealkylation sites (tertiary alicyclic amines) is 1. The first-order valence-electron chi connectivity index (χ1n) is 11.9. The smallest absolute Gasteiger partial charge is 0.295 e. The number of hydrogen-bond donors (Lipinski definition) is 1. The largest absolute Gasteiger partial charge is 0.507 e. The zero-order chi connectivity index (χ0) is 26.5. The lowest BCUT2D eigenvalue weighted by Crippen LogP contribution is -2.30. The van der Waals surface area contributed by atoms with Gasteiger partial charge in [-0.2, -0.15) is 0 Å². The van der Waals surface area contributed by atoms with Crippen LogP contribution in [0.4, 0.5) is 4.39 Å². The Morgan fingerprint density at radius 3 is 2.32 bits per heavy atom. The van der Waals surface area contributed by atoms with Crippen LogP contribution >= 0.6 is 0 Å². The first kappa shape index (κ1) is 25.8. The van der Waals surface area contributed by atoms with Crippen LogP contribution < -0.4 is 14.2 Å². The number of aliphatic hydroxyl groups excluding tert-OH is 1. The minimum absolute atomic E-state index is 0.0169. The molecule has 8 heteroatoms. The lowest BCUT2D eigenvalue weighted by molar-refractivity contribution is -0.139. The molecule has 0 bridgehead atoms. The summed E-state index contributed by atoms with van der Waals surface area (Å²) in [5, 5.41) is 11.2. The summed E-state index contributed by atoms with van der Waals surface area (Å²) in [6, 6.07) is 17.4. The van der Waals surface area contributed by atoms with Gasteiger partial charge in [0, 0.05) is 6.54 Å². The van der Waals surface area contributed by atoms with Gasteiger partial charge in [0.05, 0.1) is 31.4 Å². The van der Waals surface area contributed by atoms with Gasteiger partial charge in [-0.05, 0) is 47.9 Å². The maximum atomic E-state index is 14.1. The summed E-state index contributed by atoms with van der Waals surface area (Å²) in [5.74, 6) is -1.68. The predicted molar refractivity (Wildman–Crippen MR) is 136 cm³/mol. The van der Waals surface area contributed by atoms with Crippen molar-refractivity contribution in [3.8, 4) is 17.2 Å². The van der Waals surface area contributed by atoms with Gasteiger partial charge < -0.3 is 24.2 Å². The van der Waals surface area contributed by atoms with Crippen LogP contribution in [0.2, 0.25) is 0 Å². The molecule has 1 amide bonds. The highest BCUT2D eigenvalue weighted by Crippen LogP contribution is 2.43. The molecule has 1 aliphatic rings. The monoisotopic (exact) mass is 505 g/mol. The van der Waals surface area contributed by atoms with Crippen LogP contribution in [-0.4, -0.2) is 42.5 Å². The molecule has 1 atom stereocenters. The van der Waals surface area contributed by atoms with Crippen LogP contribution in [0.5, 0.6) is 17.2 Å². The normalized spacial score (nSPS) is 16.6. The number of ether oxygens (including phenoxy) is 3. The van der Waals surface area contributed by atoms with Gasteiger partial charge in [-0.25, -0.2) is 4.39 Å². The maximum Gasteiger partial charge on any atom is 0.295 e. The summed E-state index contributed by atoms with van der Waals surface area (Å²) in [5.41, 5.74) is 1.35. The first-order valence-corrected chi connectivity index (χ1v) is 11.9. The number of aliphatic hydroxyl groups is 1. The highest BCUT2D eigenvalue weighted by Gasteiger charge is 2.46. The number of amides is 1. The predicted octanol–water partition coefficient (Wildman–Crippen LogP) is 5.25. The van der Waals surface area contributed by atoms with Crippen LogP contribution in [0, 0.1) is 5.82 Å². The van der Waals surface area contributed by atoms with Gasteiger partial charge >= 0.3 is 0 Å². The van der Waals surface area contributed by atoms with Crippen molar-refractivity contribution in [1.82, 2.24) is 4.90 Å². The molecule has 1 N–H and O–H groups in total. The van der Waals surface area contributed by atoms with Crippen molar-refractivity contribution in [2.45, 2.75) is 26.0 Å². The first-order chi connectivity index (χ1) is 17.9. The highest BCUT2D eigenvalue weighted by atomic mass is 19.1. The summed E-state index contributed by atoms with van der Waals surface area (Å²) in [6.07, 6.45) is 0.586. The van der Waals surface area contributed by atoms with Gasteiger partial charge in [-0.1, -0.05) is 43.3 Å². The van der Waals surface area contributed by atoms with Crippen LogP contribution in [0.3, 0.4) is 0 Å². The molecule has 7 nitrogen and oxygen atoms in total. The van der Waals surface area contributed by atoms with Gasteiger partial charge in [0.2, 0.25) is 0 Å². The molecule has 0 radical (unpaired) electrons. The van der Waals surface area contributed by atoms with E-state index in [2.05, 4.69) is 0 Å². The highest BCUT2D eigenvalue weighted by molar-refractivity contribution is 6.46. The molecular weight excluding hydrogens is 477 g/mol. The Labute approximate surface area is 214 Å². The SMILES string of the molecule is CCCN1C(=O)C(=O)/C(=C(/O)c2cc(F)ccc2OC)C1c1ccc(OCc2ccccc2)c(OC)c1. The molecule has 192 valence electrons. The van der Waals surface area contributed by atoms with Crippen LogP contribution in [0.15, 0.2) is 72.3 Å². The van der Waals surface area contributed by atoms with E-state index < -0.39 is 29.3 Å². The van der Waals surface area contributed by atoms with Crippen molar-refractivity contribution in [3.05, 3.63) is 94.8 Å². The van der Waals surface area contributed by atoms with Crippen molar-refractivity contribution in [3.63, 3.8) is 0 Å². The minimum Gasteiger partial charge on any atom is -0.507 e. The number of carbonyl (C=O) groups excluding carboxylic acids is 2. The van der Waals surface area contributed by atoms with E-state index >= 15 is 0 Å². The Hall–Kier alpha value is -4.33. The molecule has 1 saturated heterocycles. The van der Waals surface area contributed by atoms with E-state index in [4.69, 9.17) is 14.2 Å². The summed E-state index contributed by atoms with van der Waals surface area (Å²) in [6.45, 7) is 2.48. The molecule has 0 aromatic heterocycles.